The van der Waals surface area contributed by atoms with Gasteiger partial charge in [0.25, 0.3) is 10.1 Å². The van der Waals surface area contributed by atoms with Crippen LogP contribution in [0.25, 0.3) is 0 Å². The van der Waals surface area contributed by atoms with Crippen LogP contribution in [0.1, 0.15) is 20.3 Å². The predicted molar refractivity (Wildman–Crippen MR) is 96.8 cm³/mol. The van der Waals surface area contributed by atoms with Gasteiger partial charge in [0.05, 0.1) is 32.4 Å². The lowest BCUT2D eigenvalue weighted by molar-refractivity contribution is -0.890. The molecule has 1 unspecified atom stereocenters. The van der Waals surface area contributed by atoms with Crippen LogP contribution in [0.2, 0.25) is 0 Å². The Kier molecular flexibility index (Phi) is 12.3. The van der Waals surface area contributed by atoms with Gasteiger partial charge >= 0.3 is 5.97 Å². The van der Waals surface area contributed by atoms with Crippen LogP contribution in [0.15, 0.2) is 12.2 Å². The van der Waals surface area contributed by atoms with E-state index in [9.17, 15) is 23.1 Å². The minimum absolute atomic E-state index is 0.250. The Bertz CT molecular complexity index is 571. The lowest BCUT2D eigenvalue weighted by Crippen LogP contribution is -2.43. The third kappa shape index (κ3) is 16.0. The second-order valence-electron chi connectivity index (χ2n) is 6.90. The minimum Gasteiger partial charge on any atom is -0.548 e. The first-order valence-electron chi connectivity index (χ1n) is 8.06. The molecule has 1 N–H and O–H groups in total. The predicted octanol–water partition coefficient (Wildman–Crippen LogP) is -0.854. The maximum Gasteiger partial charge on any atom is 0.333 e. The number of carboxylic acid groups (broad SMARTS) is 1. The molecule has 0 aromatic heterocycles. The van der Waals surface area contributed by atoms with Crippen molar-refractivity contribution in [3.05, 3.63) is 12.2 Å². The smallest absolute Gasteiger partial charge is 0.333 e. The molecule has 0 saturated heterocycles. The summed E-state index contributed by atoms with van der Waals surface area (Å²) < 4.78 is 35.2. The van der Waals surface area contributed by atoms with Crippen molar-refractivity contribution in [2.24, 2.45) is 0 Å². The van der Waals surface area contributed by atoms with Crippen molar-refractivity contribution in [1.82, 2.24) is 4.90 Å². The number of likely N-dealkylation sites (N-methyl/N-ethyl adjacent to an activating group) is 2. The highest BCUT2D eigenvalue weighted by molar-refractivity contribution is 7.85. The van der Waals surface area contributed by atoms with E-state index in [0.29, 0.717) is 29.6 Å². The summed E-state index contributed by atoms with van der Waals surface area (Å²) in [5, 5.41) is 9.99. The van der Waals surface area contributed by atoms with Crippen LogP contribution < -0.4 is 5.11 Å². The largest absolute Gasteiger partial charge is 0.548 e. The molecule has 26 heavy (non-hydrogen) atoms. The lowest BCUT2D eigenvalue weighted by Gasteiger charge is -2.29. The van der Waals surface area contributed by atoms with Crippen LogP contribution >= 0.6 is 0 Å². The molecule has 0 rings (SSSR count). The quantitative estimate of drug-likeness (QED) is 0.219. The average molecular weight is 397 g/mol. The third-order valence-electron chi connectivity index (χ3n) is 3.56. The van der Waals surface area contributed by atoms with Crippen molar-refractivity contribution in [2.45, 2.75) is 26.3 Å². The summed E-state index contributed by atoms with van der Waals surface area (Å²) in [4.78, 5) is 22.7. The SMILES string of the molecule is C=C(C)C(=O)OCC[N+](C)(C)CCCS(=O)(=O)O.CC(C(=O)[O-])N(C)C. The lowest BCUT2D eigenvalue weighted by atomic mass is 10.3. The van der Waals surface area contributed by atoms with E-state index in [-0.39, 0.29) is 12.4 Å². The molecule has 0 aliphatic rings. The Balaban J connectivity index is 0. The molecular formula is C16H32N2O7S. The monoisotopic (exact) mass is 396 g/mol. The Labute approximate surface area is 156 Å². The second-order valence-corrected chi connectivity index (χ2v) is 8.47. The highest BCUT2D eigenvalue weighted by Gasteiger charge is 2.17. The Hall–Kier alpha value is -1.49. The standard InChI is InChI=1S/C11H21NO5S.C5H11NO2/c1-10(2)11(13)17-8-7-12(3,4)6-5-9-18(14,15)16;1-4(5(7)8)6(2)3/h1,5-9H2,2-4H3;4H,1-3H3,(H,7,8). The molecule has 0 aliphatic heterocycles. The van der Waals surface area contributed by atoms with Crippen molar-refractivity contribution in [2.75, 3.05) is 53.6 Å². The summed E-state index contributed by atoms with van der Waals surface area (Å²) in [5.74, 6) is -1.71. The van der Waals surface area contributed by atoms with Gasteiger partial charge in [-0.25, -0.2) is 4.79 Å². The summed E-state index contributed by atoms with van der Waals surface area (Å²) in [6.07, 6.45) is 0.361. The fourth-order valence-electron chi connectivity index (χ4n) is 1.51. The van der Waals surface area contributed by atoms with Crippen molar-refractivity contribution in [3.63, 3.8) is 0 Å². The van der Waals surface area contributed by atoms with Gasteiger partial charge in [0.1, 0.15) is 13.2 Å². The number of carbonyl (C=O) groups excluding carboxylic acids is 2. The molecule has 0 aromatic carbocycles. The van der Waals surface area contributed by atoms with Gasteiger partial charge in [-0.3, -0.25) is 4.55 Å². The molecule has 0 amide bonds. The highest BCUT2D eigenvalue weighted by Crippen LogP contribution is 2.02. The number of carboxylic acids is 1. The summed E-state index contributed by atoms with van der Waals surface area (Å²) in [6, 6.07) is -0.491. The van der Waals surface area contributed by atoms with Crippen molar-refractivity contribution in [1.29, 1.82) is 0 Å². The first kappa shape index (κ1) is 26.7. The number of quaternary nitrogens is 1. The molecule has 9 nitrogen and oxygen atoms in total. The maximum atomic E-state index is 11.1. The molecule has 0 aromatic rings. The van der Waals surface area contributed by atoms with E-state index in [2.05, 4.69) is 6.58 Å². The molecule has 0 spiro atoms. The second kappa shape index (κ2) is 12.0. The van der Waals surface area contributed by atoms with Gasteiger partial charge < -0.3 is 24.0 Å². The summed E-state index contributed by atoms with van der Waals surface area (Å²) in [5.41, 5.74) is 0.353. The number of nitrogens with zero attached hydrogens (tertiary/aromatic N) is 2. The normalized spacial score (nSPS) is 12.8. The van der Waals surface area contributed by atoms with Crippen LogP contribution in [0.3, 0.4) is 0 Å². The van der Waals surface area contributed by atoms with Crippen LogP contribution in [0, 0.1) is 0 Å². The molecule has 0 heterocycles. The van der Waals surface area contributed by atoms with E-state index in [1.54, 1.807) is 32.8 Å². The molecule has 1 atom stereocenters. The van der Waals surface area contributed by atoms with E-state index >= 15 is 0 Å². The van der Waals surface area contributed by atoms with E-state index in [1.165, 1.54) is 0 Å². The summed E-state index contributed by atoms with van der Waals surface area (Å²) in [6.45, 7) is 8.03. The minimum atomic E-state index is -3.90. The van der Waals surface area contributed by atoms with Crippen LogP contribution in [0.4, 0.5) is 0 Å². The Morgan fingerprint density at radius 2 is 1.77 bits per heavy atom. The zero-order valence-corrected chi connectivity index (χ0v) is 17.3. The zero-order valence-electron chi connectivity index (χ0n) is 16.5. The molecular weight excluding hydrogens is 364 g/mol. The number of carbonyl (C=O) groups is 2. The van der Waals surface area contributed by atoms with Crippen LogP contribution in [-0.2, 0) is 24.4 Å². The highest BCUT2D eigenvalue weighted by atomic mass is 32.2. The van der Waals surface area contributed by atoms with Crippen LogP contribution in [-0.4, -0.2) is 94.0 Å². The average Bonchev–Trinajstić information content (AvgIpc) is 2.44. The summed E-state index contributed by atoms with van der Waals surface area (Å²) in [7, 11) is 3.29. The van der Waals surface area contributed by atoms with Gasteiger partial charge in [0, 0.05) is 18.0 Å². The number of hydrogen-bond acceptors (Lipinski definition) is 7. The Morgan fingerprint density at radius 3 is 2.08 bits per heavy atom. The number of esters is 1. The Morgan fingerprint density at radius 1 is 1.27 bits per heavy atom. The zero-order chi connectivity index (χ0) is 21.1. The van der Waals surface area contributed by atoms with E-state index < -0.39 is 28.1 Å². The number of aliphatic carboxylic acids is 1. The third-order valence-corrected chi connectivity index (χ3v) is 4.36. The first-order chi connectivity index (χ1) is 11.6. The molecule has 0 saturated carbocycles. The fourth-order valence-corrected chi connectivity index (χ4v) is 2.00. The van der Waals surface area contributed by atoms with Crippen molar-refractivity contribution < 1.29 is 36.9 Å². The number of ether oxygens (including phenoxy) is 1. The van der Waals surface area contributed by atoms with Gasteiger partial charge in [-0.1, -0.05) is 6.58 Å². The number of hydrogen-bond donors (Lipinski definition) is 1. The van der Waals surface area contributed by atoms with Crippen molar-refractivity contribution >= 4 is 22.1 Å². The first-order valence-corrected chi connectivity index (χ1v) is 9.67. The fraction of sp³-hybridized carbons (Fsp3) is 0.750. The topological polar surface area (TPSA) is 124 Å². The van der Waals surface area contributed by atoms with Gasteiger partial charge in [0.2, 0.25) is 0 Å². The molecule has 10 heteroatoms. The number of rotatable bonds is 10. The molecule has 154 valence electrons. The van der Waals surface area contributed by atoms with Gasteiger partial charge in [0.15, 0.2) is 0 Å². The van der Waals surface area contributed by atoms with E-state index in [0.717, 1.165) is 0 Å². The van der Waals surface area contributed by atoms with Gasteiger partial charge in [-0.2, -0.15) is 8.42 Å². The van der Waals surface area contributed by atoms with Crippen LogP contribution in [0.5, 0.6) is 0 Å². The van der Waals surface area contributed by atoms with Crippen molar-refractivity contribution in [3.8, 4) is 0 Å². The van der Waals surface area contributed by atoms with Gasteiger partial charge in [-0.15, -0.1) is 0 Å². The van der Waals surface area contributed by atoms with Gasteiger partial charge in [-0.05, 0) is 27.9 Å². The summed E-state index contributed by atoms with van der Waals surface area (Å²) >= 11 is 0. The van der Waals surface area contributed by atoms with E-state index in [1.807, 2.05) is 14.1 Å². The molecule has 0 aliphatic carbocycles. The molecule has 0 bridgehead atoms. The molecule has 0 radical (unpaired) electrons. The van der Waals surface area contributed by atoms with E-state index in [4.69, 9.17) is 9.29 Å². The maximum absolute atomic E-state index is 11.1. The molecule has 0 fully saturated rings.